The average Bonchev–Trinajstić information content (AvgIpc) is 3.39. The van der Waals surface area contributed by atoms with Crippen LogP contribution < -0.4 is 24.8 Å². The van der Waals surface area contributed by atoms with Crippen LogP contribution in [0.3, 0.4) is 0 Å². The number of benzene rings is 1. The molecular weight excluding hydrogens is 515 g/mol. The van der Waals surface area contributed by atoms with Crippen molar-refractivity contribution >= 4 is 35.6 Å². The SMILES string of the molecule is COc1cc(NC(=NCc2nnc(C)n2C)NCC2CCCO2)cc(OC)c1OC.I. The van der Waals surface area contributed by atoms with Crippen molar-refractivity contribution in [2.24, 2.45) is 12.0 Å². The maximum Gasteiger partial charge on any atom is 0.203 e. The normalized spacial score (nSPS) is 15.9. The zero-order valence-corrected chi connectivity index (χ0v) is 20.9. The number of nitrogens with zero attached hydrogens (tertiary/aromatic N) is 4. The molecule has 11 heteroatoms. The lowest BCUT2D eigenvalue weighted by atomic mass is 10.2. The topological polar surface area (TPSA) is 104 Å². The monoisotopic (exact) mass is 546 g/mol. The third kappa shape index (κ3) is 6.35. The first-order valence-electron chi connectivity index (χ1n) is 9.87. The van der Waals surface area contributed by atoms with Crippen molar-refractivity contribution < 1.29 is 18.9 Å². The molecule has 2 aromatic rings. The van der Waals surface area contributed by atoms with Gasteiger partial charge in [-0.05, 0) is 19.8 Å². The molecule has 0 radical (unpaired) electrons. The Kier molecular flexibility index (Phi) is 9.62. The van der Waals surface area contributed by atoms with Gasteiger partial charge in [0.15, 0.2) is 23.3 Å². The van der Waals surface area contributed by atoms with Crippen LogP contribution in [0.15, 0.2) is 17.1 Å². The van der Waals surface area contributed by atoms with Crippen LogP contribution >= 0.6 is 24.0 Å². The van der Waals surface area contributed by atoms with Gasteiger partial charge in [-0.2, -0.15) is 0 Å². The Morgan fingerprint density at radius 3 is 2.42 bits per heavy atom. The number of halogens is 1. The van der Waals surface area contributed by atoms with E-state index in [4.69, 9.17) is 18.9 Å². The second-order valence-electron chi connectivity index (χ2n) is 6.94. The molecule has 1 aliphatic rings. The van der Waals surface area contributed by atoms with E-state index in [1.54, 1.807) is 21.3 Å². The van der Waals surface area contributed by atoms with Crippen molar-refractivity contribution in [1.82, 2.24) is 20.1 Å². The maximum absolute atomic E-state index is 5.71. The Hall–Kier alpha value is -2.28. The molecule has 2 N–H and O–H groups in total. The van der Waals surface area contributed by atoms with E-state index < -0.39 is 0 Å². The van der Waals surface area contributed by atoms with Gasteiger partial charge in [0, 0.05) is 38.0 Å². The molecule has 1 aromatic heterocycles. The average molecular weight is 546 g/mol. The highest BCUT2D eigenvalue weighted by Crippen LogP contribution is 2.39. The molecular formula is C20H31IN6O4. The van der Waals surface area contributed by atoms with Crippen LogP contribution in [0.2, 0.25) is 0 Å². The molecule has 3 rings (SSSR count). The van der Waals surface area contributed by atoms with Gasteiger partial charge in [0.05, 0.1) is 27.4 Å². The van der Waals surface area contributed by atoms with E-state index in [1.807, 2.05) is 30.7 Å². The smallest absolute Gasteiger partial charge is 0.203 e. The molecule has 0 amide bonds. The molecule has 1 fully saturated rings. The molecule has 1 unspecified atom stereocenters. The van der Waals surface area contributed by atoms with Crippen LogP contribution in [0.1, 0.15) is 24.5 Å². The Balaban J connectivity index is 0.00000341. The fourth-order valence-corrected chi connectivity index (χ4v) is 3.18. The molecule has 1 atom stereocenters. The summed E-state index contributed by atoms with van der Waals surface area (Å²) in [5.41, 5.74) is 0.747. The van der Waals surface area contributed by atoms with Crippen molar-refractivity contribution in [2.75, 3.05) is 39.8 Å². The van der Waals surface area contributed by atoms with Gasteiger partial charge in [0.2, 0.25) is 5.75 Å². The van der Waals surface area contributed by atoms with Crippen LogP contribution in [-0.4, -0.2) is 61.3 Å². The van der Waals surface area contributed by atoms with Gasteiger partial charge in [-0.1, -0.05) is 0 Å². The van der Waals surface area contributed by atoms with Gasteiger partial charge in [0.1, 0.15) is 12.4 Å². The molecule has 0 aliphatic carbocycles. The summed E-state index contributed by atoms with van der Waals surface area (Å²) in [5, 5.41) is 14.9. The summed E-state index contributed by atoms with van der Waals surface area (Å²) in [6.45, 7) is 3.75. The fraction of sp³-hybridized carbons (Fsp3) is 0.550. The van der Waals surface area contributed by atoms with E-state index in [2.05, 4.69) is 25.8 Å². The number of anilines is 1. The van der Waals surface area contributed by atoms with E-state index in [1.165, 1.54) is 0 Å². The molecule has 1 aromatic carbocycles. The molecule has 1 saturated heterocycles. The molecule has 2 heterocycles. The first kappa shape index (κ1) is 25.0. The van der Waals surface area contributed by atoms with Crippen LogP contribution in [0, 0.1) is 6.92 Å². The first-order valence-corrected chi connectivity index (χ1v) is 9.87. The van der Waals surface area contributed by atoms with E-state index in [0.29, 0.717) is 36.3 Å². The number of ether oxygens (including phenoxy) is 4. The van der Waals surface area contributed by atoms with Gasteiger partial charge in [-0.15, -0.1) is 34.2 Å². The van der Waals surface area contributed by atoms with Gasteiger partial charge < -0.3 is 34.1 Å². The highest BCUT2D eigenvalue weighted by atomic mass is 127. The maximum atomic E-state index is 5.71. The second-order valence-corrected chi connectivity index (χ2v) is 6.94. The highest BCUT2D eigenvalue weighted by molar-refractivity contribution is 14.0. The predicted molar refractivity (Wildman–Crippen MR) is 129 cm³/mol. The zero-order chi connectivity index (χ0) is 21.5. The number of guanidine groups is 1. The Labute approximate surface area is 199 Å². The lowest BCUT2D eigenvalue weighted by Crippen LogP contribution is -2.36. The standard InChI is InChI=1S/C20H30N6O4.HI/c1-13-24-25-18(26(13)2)12-22-20(21-11-15-7-6-8-30-15)23-14-9-16(27-3)19(29-5)17(10-14)28-4;/h9-10,15H,6-8,11-12H2,1-5H3,(H2,21,22,23);1H. The molecule has 1 aliphatic heterocycles. The molecule has 0 spiro atoms. The Morgan fingerprint density at radius 2 is 1.90 bits per heavy atom. The van der Waals surface area contributed by atoms with E-state index in [0.717, 1.165) is 36.8 Å². The second kappa shape index (κ2) is 11.9. The summed E-state index contributed by atoms with van der Waals surface area (Å²) in [6, 6.07) is 3.66. The van der Waals surface area contributed by atoms with E-state index >= 15 is 0 Å². The number of aromatic nitrogens is 3. The van der Waals surface area contributed by atoms with Crippen LogP contribution in [0.5, 0.6) is 17.2 Å². The van der Waals surface area contributed by atoms with Gasteiger partial charge in [-0.25, -0.2) is 4.99 Å². The van der Waals surface area contributed by atoms with Crippen molar-refractivity contribution in [1.29, 1.82) is 0 Å². The van der Waals surface area contributed by atoms with Crippen molar-refractivity contribution in [3.05, 3.63) is 23.8 Å². The first-order chi connectivity index (χ1) is 14.5. The molecule has 10 nitrogen and oxygen atoms in total. The minimum atomic E-state index is 0. The van der Waals surface area contributed by atoms with Crippen LogP contribution in [-0.2, 0) is 18.3 Å². The van der Waals surface area contributed by atoms with Crippen molar-refractivity contribution in [2.45, 2.75) is 32.4 Å². The molecule has 0 saturated carbocycles. The zero-order valence-electron chi connectivity index (χ0n) is 18.6. The summed E-state index contributed by atoms with van der Waals surface area (Å²) >= 11 is 0. The minimum Gasteiger partial charge on any atom is -0.493 e. The highest BCUT2D eigenvalue weighted by Gasteiger charge is 2.17. The lowest BCUT2D eigenvalue weighted by Gasteiger charge is -2.18. The number of rotatable bonds is 8. The lowest BCUT2D eigenvalue weighted by molar-refractivity contribution is 0.114. The van der Waals surface area contributed by atoms with Crippen LogP contribution in [0.4, 0.5) is 5.69 Å². The Bertz CT molecular complexity index is 858. The number of aryl methyl sites for hydroxylation is 1. The summed E-state index contributed by atoms with van der Waals surface area (Å²) in [7, 11) is 6.67. The summed E-state index contributed by atoms with van der Waals surface area (Å²) in [5.74, 6) is 3.86. The fourth-order valence-electron chi connectivity index (χ4n) is 3.18. The number of nitrogens with one attached hydrogen (secondary N) is 2. The number of hydrogen-bond donors (Lipinski definition) is 2. The van der Waals surface area contributed by atoms with Crippen molar-refractivity contribution in [3.63, 3.8) is 0 Å². The molecule has 0 bridgehead atoms. The number of hydrogen-bond acceptors (Lipinski definition) is 7. The van der Waals surface area contributed by atoms with Gasteiger partial charge >= 0.3 is 0 Å². The third-order valence-electron chi connectivity index (χ3n) is 5.01. The molecule has 31 heavy (non-hydrogen) atoms. The van der Waals surface area contributed by atoms with E-state index in [-0.39, 0.29) is 30.1 Å². The quantitative estimate of drug-likeness (QED) is 0.296. The van der Waals surface area contributed by atoms with Crippen LogP contribution in [0.25, 0.3) is 0 Å². The summed E-state index contributed by atoms with van der Waals surface area (Å²) < 4.78 is 23.9. The summed E-state index contributed by atoms with van der Waals surface area (Å²) in [6.07, 6.45) is 2.29. The van der Waals surface area contributed by atoms with E-state index in [9.17, 15) is 0 Å². The third-order valence-corrected chi connectivity index (χ3v) is 5.01. The largest absolute Gasteiger partial charge is 0.493 e. The molecule has 172 valence electrons. The van der Waals surface area contributed by atoms with Crippen molar-refractivity contribution in [3.8, 4) is 17.2 Å². The number of aliphatic imine (C=N–C) groups is 1. The van der Waals surface area contributed by atoms with Gasteiger partial charge in [0.25, 0.3) is 0 Å². The Morgan fingerprint density at radius 1 is 1.19 bits per heavy atom. The van der Waals surface area contributed by atoms with Gasteiger partial charge in [-0.3, -0.25) is 0 Å². The predicted octanol–water partition coefficient (Wildman–Crippen LogP) is 2.50. The minimum absolute atomic E-state index is 0. The summed E-state index contributed by atoms with van der Waals surface area (Å²) in [4.78, 5) is 4.68. The number of methoxy groups -OCH3 is 3.